The van der Waals surface area contributed by atoms with Crippen LogP contribution < -0.4 is 8.92 Å². The molecule has 0 fully saturated rings. The van der Waals surface area contributed by atoms with Crippen molar-refractivity contribution in [1.82, 2.24) is 4.57 Å². The minimum atomic E-state index is -4.00. The molecule has 2 aromatic carbocycles. The van der Waals surface area contributed by atoms with Crippen molar-refractivity contribution in [2.24, 2.45) is 0 Å². The number of hydrogen-bond donors (Lipinski definition) is 0. The van der Waals surface area contributed by atoms with Crippen molar-refractivity contribution in [2.75, 3.05) is 7.11 Å². The van der Waals surface area contributed by atoms with Crippen LogP contribution in [0.3, 0.4) is 0 Å². The van der Waals surface area contributed by atoms with Crippen LogP contribution in [-0.4, -0.2) is 20.1 Å². The number of methoxy groups -OCH3 is 1. The molecule has 3 rings (SSSR count). The molecule has 0 amide bonds. The quantitative estimate of drug-likeness (QED) is 0.674. The van der Waals surface area contributed by atoms with E-state index >= 15 is 0 Å². The van der Waals surface area contributed by atoms with Gasteiger partial charge in [0.15, 0.2) is 11.5 Å². The van der Waals surface area contributed by atoms with Gasteiger partial charge in [0.05, 0.1) is 12.8 Å². The van der Waals surface area contributed by atoms with E-state index in [1.165, 1.54) is 13.2 Å². The summed E-state index contributed by atoms with van der Waals surface area (Å²) in [5.74, 6) is 0.506. The average Bonchev–Trinajstić information content (AvgIpc) is 3.09. The third-order valence-corrected chi connectivity index (χ3v) is 4.57. The van der Waals surface area contributed by atoms with E-state index in [0.717, 1.165) is 0 Å². The van der Waals surface area contributed by atoms with E-state index in [0.29, 0.717) is 11.4 Å². The van der Waals surface area contributed by atoms with Gasteiger partial charge < -0.3 is 13.5 Å². The minimum Gasteiger partial charge on any atom is -0.493 e. The van der Waals surface area contributed by atoms with Gasteiger partial charge in [-0.25, -0.2) is 0 Å². The second-order valence-corrected chi connectivity index (χ2v) is 6.26. The van der Waals surface area contributed by atoms with Crippen LogP contribution in [0.25, 0.3) is 5.69 Å². The molecule has 23 heavy (non-hydrogen) atoms. The van der Waals surface area contributed by atoms with Gasteiger partial charge in [-0.2, -0.15) is 8.42 Å². The summed E-state index contributed by atoms with van der Waals surface area (Å²) in [7, 11) is -2.54. The van der Waals surface area contributed by atoms with E-state index in [1.807, 2.05) is 12.1 Å². The molecule has 0 N–H and O–H groups in total. The summed E-state index contributed by atoms with van der Waals surface area (Å²) in [6.07, 6.45) is 3.55. The van der Waals surface area contributed by atoms with Crippen LogP contribution >= 0.6 is 0 Å². The minimum absolute atomic E-state index is 0.0853. The number of para-hydroxylation sites is 3. The molecule has 0 saturated carbocycles. The zero-order chi connectivity index (χ0) is 16.3. The number of aromatic nitrogens is 1. The molecule has 0 unspecified atom stereocenters. The Kier molecular flexibility index (Phi) is 4.08. The number of hydrogen-bond acceptors (Lipinski definition) is 4. The van der Waals surface area contributed by atoms with Crippen molar-refractivity contribution in [3.8, 4) is 17.2 Å². The SMILES string of the molecule is COc1ccccc1OS(=O)(=O)c1ccccc1-n1cccc1. The Bertz CT molecular complexity index is 902. The van der Waals surface area contributed by atoms with Gasteiger partial charge >= 0.3 is 10.1 Å². The third-order valence-electron chi connectivity index (χ3n) is 3.29. The van der Waals surface area contributed by atoms with E-state index in [4.69, 9.17) is 8.92 Å². The van der Waals surface area contributed by atoms with Gasteiger partial charge in [-0.1, -0.05) is 24.3 Å². The monoisotopic (exact) mass is 329 g/mol. The molecule has 1 heterocycles. The highest BCUT2D eigenvalue weighted by Crippen LogP contribution is 2.30. The number of benzene rings is 2. The van der Waals surface area contributed by atoms with Crippen LogP contribution in [0.4, 0.5) is 0 Å². The Labute approximate surface area is 134 Å². The third kappa shape index (κ3) is 3.07. The first kappa shape index (κ1) is 15.2. The van der Waals surface area contributed by atoms with Crippen molar-refractivity contribution in [2.45, 2.75) is 4.90 Å². The second-order valence-electron chi connectivity index (χ2n) is 4.75. The highest BCUT2D eigenvalue weighted by Gasteiger charge is 2.22. The normalized spacial score (nSPS) is 11.2. The van der Waals surface area contributed by atoms with Gasteiger partial charge in [0.1, 0.15) is 4.90 Å². The lowest BCUT2D eigenvalue weighted by Crippen LogP contribution is -2.13. The first-order chi connectivity index (χ1) is 11.1. The molecule has 0 atom stereocenters. The molecule has 5 nitrogen and oxygen atoms in total. The molecule has 3 aromatic rings. The molecular formula is C17H15NO4S. The summed E-state index contributed by atoms with van der Waals surface area (Å²) in [6, 6.07) is 16.9. The topological polar surface area (TPSA) is 57.5 Å². The Balaban J connectivity index is 2.04. The summed E-state index contributed by atoms with van der Waals surface area (Å²) in [5, 5.41) is 0. The van der Waals surface area contributed by atoms with Crippen LogP contribution in [0.5, 0.6) is 11.5 Å². The lowest BCUT2D eigenvalue weighted by Gasteiger charge is -2.13. The lowest BCUT2D eigenvalue weighted by molar-refractivity contribution is 0.390. The Morgan fingerprint density at radius 3 is 2.13 bits per heavy atom. The zero-order valence-electron chi connectivity index (χ0n) is 12.4. The second kappa shape index (κ2) is 6.18. The fourth-order valence-electron chi connectivity index (χ4n) is 2.23. The maximum Gasteiger partial charge on any atom is 0.341 e. The van der Waals surface area contributed by atoms with Gasteiger partial charge in [0.2, 0.25) is 0 Å². The standard InChI is InChI=1S/C17H15NO4S/c1-21-15-9-3-4-10-16(15)22-23(19,20)17-11-5-2-8-14(17)18-12-6-7-13-18/h2-13H,1H3. The van der Waals surface area contributed by atoms with Crippen LogP contribution in [0.1, 0.15) is 0 Å². The van der Waals surface area contributed by atoms with E-state index in [-0.39, 0.29) is 10.6 Å². The molecule has 118 valence electrons. The summed E-state index contributed by atoms with van der Waals surface area (Å²) < 4.78 is 37.5. The molecule has 0 bridgehead atoms. The molecule has 0 spiro atoms. The summed E-state index contributed by atoms with van der Waals surface area (Å²) in [6.45, 7) is 0. The van der Waals surface area contributed by atoms with Gasteiger partial charge in [-0.05, 0) is 36.4 Å². The Morgan fingerprint density at radius 2 is 1.43 bits per heavy atom. The zero-order valence-corrected chi connectivity index (χ0v) is 13.2. The fraction of sp³-hybridized carbons (Fsp3) is 0.0588. The first-order valence-electron chi connectivity index (χ1n) is 6.92. The van der Waals surface area contributed by atoms with E-state index in [1.54, 1.807) is 59.4 Å². The van der Waals surface area contributed by atoms with Crippen molar-refractivity contribution >= 4 is 10.1 Å². The predicted octanol–water partition coefficient (Wildman–Crippen LogP) is 3.25. The molecule has 6 heteroatoms. The van der Waals surface area contributed by atoms with E-state index in [9.17, 15) is 8.42 Å². The summed E-state index contributed by atoms with van der Waals surface area (Å²) in [4.78, 5) is 0.0853. The molecule has 1 aromatic heterocycles. The Hall–Kier alpha value is -2.73. The smallest absolute Gasteiger partial charge is 0.341 e. The maximum absolute atomic E-state index is 12.7. The molecule has 0 aliphatic rings. The van der Waals surface area contributed by atoms with Gasteiger partial charge in [-0.15, -0.1) is 0 Å². The fourth-order valence-corrected chi connectivity index (χ4v) is 3.37. The van der Waals surface area contributed by atoms with E-state index in [2.05, 4.69) is 0 Å². The molecule has 0 aliphatic heterocycles. The van der Waals surface area contributed by atoms with E-state index < -0.39 is 10.1 Å². The molecule has 0 radical (unpaired) electrons. The lowest BCUT2D eigenvalue weighted by atomic mass is 10.3. The molecule has 0 saturated heterocycles. The van der Waals surface area contributed by atoms with Crippen LogP contribution in [0.15, 0.2) is 78.0 Å². The molecular weight excluding hydrogens is 314 g/mol. The van der Waals surface area contributed by atoms with Crippen LogP contribution in [0.2, 0.25) is 0 Å². The number of nitrogens with zero attached hydrogens (tertiary/aromatic N) is 1. The molecule has 0 aliphatic carbocycles. The van der Waals surface area contributed by atoms with Gasteiger partial charge in [-0.3, -0.25) is 0 Å². The van der Waals surface area contributed by atoms with Gasteiger partial charge in [0, 0.05) is 12.4 Å². The van der Waals surface area contributed by atoms with Crippen molar-refractivity contribution in [3.05, 3.63) is 73.1 Å². The summed E-state index contributed by atoms with van der Waals surface area (Å²) >= 11 is 0. The first-order valence-corrected chi connectivity index (χ1v) is 8.32. The highest BCUT2D eigenvalue weighted by molar-refractivity contribution is 7.87. The van der Waals surface area contributed by atoms with Crippen molar-refractivity contribution < 1.29 is 17.3 Å². The van der Waals surface area contributed by atoms with Crippen LogP contribution in [0, 0.1) is 0 Å². The van der Waals surface area contributed by atoms with Gasteiger partial charge in [0.25, 0.3) is 0 Å². The maximum atomic E-state index is 12.7. The predicted molar refractivity (Wildman–Crippen MR) is 86.6 cm³/mol. The summed E-state index contributed by atoms with van der Waals surface area (Å²) in [5.41, 5.74) is 0.521. The Morgan fingerprint density at radius 1 is 0.826 bits per heavy atom. The number of ether oxygens (including phenoxy) is 1. The van der Waals surface area contributed by atoms with Crippen molar-refractivity contribution in [1.29, 1.82) is 0 Å². The van der Waals surface area contributed by atoms with Crippen molar-refractivity contribution in [3.63, 3.8) is 0 Å². The largest absolute Gasteiger partial charge is 0.493 e. The van der Waals surface area contributed by atoms with Crippen LogP contribution in [-0.2, 0) is 10.1 Å². The highest BCUT2D eigenvalue weighted by atomic mass is 32.2. The average molecular weight is 329 g/mol. The number of rotatable bonds is 5.